The predicted molar refractivity (Wildman–Crippen MR) is 87.1 cm³/mol. The molecule has 0 saturated heterocycles. The first-order valence-corrected chi connectivity index (χ1v) is 9.08. The van der Waals surface area contributed by atoms with Crippen molar-refractivity contribution in [2.24, 2.45) is 0 Å². The number of sulfone groups is 1. The van der Waals surface area contributed by atoms with E-state index in [0.717, 1.165) is 17.1 Å². The SMILES string of the molecule is CS(=O)(=O)c1ccc(-n2ncc(C(F)(F)F)c2-c2ccccc2)cc1. The van der Waals surface area contributed by atoms with E-state index in [-0.39, 0.29) is 10.6 Å². The van der Waals surface area contributed by atoms with Gasteiger partial charge in [-0.05, 0) is 24.3 Å². The number of benzene rings is 2. The maximum Gasteiger partial charge on any atom is 0.420 e. The van der Waals surface area contributed by atoms with E-state index in [1.807, 2.05) is 0 Å². The molecule has 3 rings (SSSR count). The molecule has 25 heavy (non-hydrogen) atoms. The van der Waals surface area contributed by atoms with Crippen LogP contribution in [-0.4, -0.2) is 24.5 Å². The Morgan fingerprint density at radius 2 is 1.56 bits per heavy atom. The highest BCUT2D eigenvalue weighted by molar-refractivity contribution is 7.90. The second-order valence-corrected chi connectivity index (χ2v) is 7.46. The minimum Gasteiger partial charge on any atom is -0.232 e. The van der Waals surface area contributed by atoms with Gasteiger partial charge in [0.05, 0.1) is 22.5 Å². The first-order chi connectivity index (χ1) is 11.7. The van der Waals surface area contributed by atoms with E-state index in [1.165, 1.54) is 24.3 Å². The Morgan fingerprint density at radius 1 is 0.960 bits per heavy atom. The smallest absolute Gasteiger partial charge is 0.232 e. The van der Waals surface area contributed by atoms with Crippen LogP contribution in [0.2, 0.25) is 0 Å². The Labute approximate surface area is 142 Å². The molecule has 0 aliphatic carbocycles. The summed E-state index contributed by atoms with van der Waals surface area (Å²) < 4.78 is 64.3. The Balaban J connectivity index is 2.19. The van der Waals surface area contributed by atoms with Crippen LogP contribution < -0.4 is 0 Å². The van der Waals surface area contributed by atoms with Crippen molar-refractivity contribution < 1.29 is 21.6 Å². The minimum atomic E-state index is -4.56. The second-order valence-electron chi connectivity index (χ2n) is 5.45. The van der Waals surface area contributed by atoms with Crippen LogP contribution in [0.15, 0.2) is 65.7 Å². The van der Waals surface area contributed by atoms with Crippen molar-refractivity contribution in [2.75, 3.05) is 6.26 Å². The molecule has 0 fully saturated rings. The van der Waals surface area contributed by atoms with E-state index < -0.39 is 21.6 Å². The number of halogens is 3. The minimum absolute atomic E-state index is 0.0840. The summed E-state index contributed by atoms with van der Waals surface area (Å²) in [5.41, 5.74) is -0.257. The highest BCUT2D eigenvalue weighted by atomic mass is 32.2. The lowest BCUT2D eigenvalue weighted by atomic mass is 10.1. The maximum atomic E-state index is 13.4. The molecule has 0 N–H and O–H groups in total. The molecular formula is C17H13F3N2O2S. The summed E-state index contributed by atoms with van der Waals surface area (Å²) >= 11 is 0. The Kier molecular flexibility index (Phi) is 4.16. The van der Waals surface area contributed by atoms with Gasteiger partial charge in [-0.2, -0.15) is 18.3 Å². The molecule has 0 bridgehead atoms. The quantitative estimate of drug-likeness (QED) is 0.705. The number of nitrogens with zero attached hydrogens (tertiary/aromatic N) is 2. The van der Waals surface area contributed by atoms with Gasteiger partial charge in [0.15, 0.2) is 9.84 Å². The highest BCUT2D eigenvalue weighted by Crippen LogP contribution is 2.38. The summed E-state index contributed by atoms with van der Waals surface area (Å²) in [5.74, 6) is 0. The maximum absolute atomic E-state index is 13.4. The molecule has 0 saturated carbocycles. The zero-order valence-corrected chi connectivity index (χ0v) is 13.8. The van der Waals surface area contributed by atoms with Crippen LogP contribution in [0, 0.1) is 0 Å². The summed E-state index contributed by atoms with van der Waals surface area (Å²) in [6.45, 7) is 0. The van der Waals surface area contributed by atoms with Crippen LogP contribution in [0.5, 0.6) is 0 Å². The first kappa shape index (κ1) is 17.2. The number of hydrogen-bond acceptors (Lipinski definition) is 3. The molecule has 1 heterocycles. The fraction of sp³-hybridized carbons (Fsp3) is 0.118. The molecule has 1 aromatic heterocycles. The van der Waals surface area contributed by atoms with Crippen LogP contribution in [0.25, 0.3) is 16.9 Å². The lowest BCUT2D eigenvalue weighted by Crippen LogP contribution is -2.08. The average molecular weight is 366 g/mol. The summed E-state index contributed by atoms with van der Waals surface area (Å²) in [7, 11) is -3.39. The second kappa shape index (κ2) is 6.03. The van der Waals surface area contributed by atoms with Gasteiger partial charge in [0.1, 0.15) is 5.56 Å². The zero-order valence-electron chi connectivity index (χ0n) is 13.0. The van der Waals surface area contributed by atoms with E-state index in [4.69, 9.17) is 0 Å². The molecule has 3 aromatic rings. The van der Waals surface area contributed by atoms with E-state index >= 15 is 0 Å². The largest absolute Gasteiger partial charge is 0.420 e. The third-order valence-electron chi connectivity index (χ3n) is 3.63. The molecule has 0 amide bonds. The fourth-order valence-corrected chi connectivity index (χ4v) is 3.09. The van der Waals surface area contributed by atoms with Crippen molar-refractivity contribution in [2.45, 2.75) is 11.1 Å². The molecule has 0 radical (unpaired) electrons. The average Bonchev–Trinajstić information content (AvgIpc) is 3.00. The molecule has 0 aliphatic rings. The third kappa shape index (κ3) is 3.43. The van der Waals surface area contributed by atoms with Crippen molar-refractivity contribution in [3.05, 3.63) is 66.4 Å². The van der Waals surface area contributed by atoms with Crippen LogP contribution in [0.1, 0.15) is 5.56 Å². The van der Waals surface area contributed by atoms with E-state index in [1.54, 1.807) is 30.3 Å². The van der Waals surface area contributed by atoms with Crippen LogP contribution in [-0.2, 0) is 16.0 Å². The highest BCUT2D eigenvalue weighted by Gasteiger charge is 2.37. The summed E-state index contributed by atoms with van der Waals surface area (Å²) in [5, 5.41) is 3.87. The van der Waals surface area contributed by atoms with Crippen LogP contribution >= 0.6 is 0 Å². The van der Waals surface area contributed by atoms with Crippen molar-refractivity contribution in [3.63, 3.8) is 0 Å². The Morgan fingerprint density at radius 3 is 2.08 bits per heavy atom. The van der Waals surface area contributed by atoms with Gasteiger partial charge in [-0.1, -0.05) is 30.3 Å². The predicted octanol–water partition coefficient (Wildman–Crippen LogP) is 3.96. The van der Waals surface area contributed by atoms with Gasteiger partial charge < -0.3 is 0 Å². The molecule has 0 spiro atoms. The lowest BCUT2D eigenvalue weighted by Gasteiger charge is -2.12. The van der Waals surface area contributed by atoms with Crippen LogP contribution in [0.3, 0.4) is 0 Å². The van der Waals surface area contributed by atoms with Gasteiger partial charge in [0.2, 0.25) is 0 Å². The fourth-order valence-electron chi connectivity index (χ4n) is 2.46. The first-order valence-electron chi connectivity index (χ1n) is 7.19. The molecule has 2 aromatic carbocycles. The van der Waals surface area contributed by atoms with Gasteiger partial charge in [0.25, 0.3) is 0 Å². The van der Waals surface area contributed by atoms with E-state index in [9.17, 15) is 21.6 Å². The lowest BCUT2D eigenvalue weighted by molar-refractivity contribution is -0.137. The Hall–Kier alpha value is -2.61. The molecule has 0 unspecified atom stereocenters. The number of alkyl halides is 3. The van der Waals surface area contributed by atoms with Crippen molar-refractivity contribution in [1.82, 2.24) is 9.78 Å². The van der Waals surface area contributed by atoms with Gasteiger partial charge in [-0.15, -0.1) is 0 Å². The van der Waals surface area contributed by atoms with Crippen LogP contribution in [0.4, 0.5) is 13.2 Å². The van der Waals surface area contributed by atoms with Gasteiger partial charge >= 0.3 is 6.18 Å². The molecule has 8 heteroatoms. The number of hydrogen-bond donors (Lipinski definition) is 0. The van der Waals surface area contributed by atoms with Gasteiger partial charge in [-0.25, -0.2) is 13.1 Å². The van der Waals surface area contributed by atoms with Crippen molar-refractivity contribution in [3.8, 4) is 16.9 Å². The molecule has 4 nitrogen and oxygen atoms in total. The summed E-state index contributed by atoms with van der Waals surface area (Å²) in [4.78, 5) is 0.0840. The number of aromatic nitrogens is 2. The zero-order chi connectivity index (χ0) is 18.2. The molecular weight excluding hydrogens is 353 g/mol. The standard InChI is InChI=1S/C17H13F3N2O2S/c1-25(23,24)14-9-7-13(8-10-14)22-16(12-5-3-2-4-6-12)15(11-21-22)17(18,19)20/h2-11H,1H3. The van der Waals surface area contributed by atoms with Crippen molar-refractivity contribution >= 4 is 9.84 Å². The summed E-state index contributed by atoms with van der Waals surface area (Å²) in [6.07, 6.45) is -2.73. The normalized spacial score (nSPS) is 12.3. The molecule has 0 atom stereocenters. The summed E-state index contributed by atoms with van der Waals surface area (Å²) in [6, 6.07) is 13.6. The number of rotatable bonds is 3. The van der Waals surface area contributed by atoms with Gasteiger partial charge in [0, 0.05) is 11.8 Å². The van der Waals surface area contributed by atoms with E-state index in [0.29, 0.717) is 11.3 Å². The molecule has 130 valence electrons. The monoisotopic (exact) mass is 366 g/mol. The molecule has 0 aliphatic heterocycles. The third-order valence-corrected chi connectivity index (χ3v) is 4.76. The topological polar surface area (TPSA) is 52.0 Å². The van der Waals surface area contributed by atoms with E-state index in [2.05, 4.69) is 5.10 Å². The Bertz CT molecular complexity index is 993. The van der Waals surface area contributed by atoms with Gasteiger partial charge in [-0.3, -0.25) is 0 Å². The van der Waals surface area contributed by atoms with Crippen molar-refractivity contribution in [1.29, 1.82) is 0 Å².